The van der Waals surface area contributed by atoms with Gasteiger partial charge in [-0.25, -0.2) is 0 Å². The van der Waals surface area contributed by atoms with Gasteiger partial charge in [0.1, 0.15) is 6.07 Å². The molecule has 0 aromatic heterocycles. The van der Waals surface area contributed by atoms with Gasteiger partial charge in [0, 0.05) is 23.3 Å². The highest BCUT2D eigenvalue weighted by atomic mass is 16.2. The molecule has 206 valence electrons. The van der Waals surface area contributed by atoms with Gasteiger partial charge in [-0.15, -0.1) is 0 Å². The molecule has 5 aliphatic carbocycles. The molecule has 3 fully saturated rings. The first-order valence-electron chi connectivity index (χ1n) is 14.8. The zero-order valence-electron chi connectivity index (χ0n) is 24.7. The van der Waals surface area contributed by atoms with Crippen LogP contribution in [0.2, 0.25) is 0 Å². The number of amides is 1. The number of Topliss-reactive ketones (excluding diaryl/α,β-unsaturated/α-hetero) is 1. The van der Waals surface area contributed by atoms with E-state index in [1.165, 1.54) is 0 Å². The summed E-state index contributed by atoms with van der Waals surface area (Å²) >= 11 is 0. The molecule has 1 amide bonds. The summed E-state index contributed by atoms with van der Waals surface area (Å²) in [5, 5.41) is 13.0. The van der Waals surface area contributed by atoms with E-state index in [1.807, 2.05) is 32.9 Å². The van der Waals surface area contributed by atoms with Crippen molar-refractivity contribution < 1.29 is 14.4 Å². The van der Waals surface area contributed by atoms with Gasteiger partial charge < -0.3 is 5.32 Å². The molecule has 0 unspecified atom stereocenters. The van der Waals surface area contributed by atoms with E-state index < -0.39 is 16.2 Å². The third-order valence-corrected chi connectivity index (χ3v) is 12.6. The lowest BCUT2D eigenvalue weighted by atomic mass is 9.34. The van der Waals surface area contributed by atoms with Gasteiger partial charge in [0.25, 0.3) is 0 Å². The molecule has 3 saturated carbocycles. The maximum Gasteiger partial charge on any atom is 0.226 e. The quantitative estimate of drug-likeness (QED) is 0.462. The Labute approximate surface area is 228 Å². The number of hydrogen-bond acceptors (Lipinski definition) is 4. The van der Waals surface area contributed by atoms with Gasteiger partial charge in [0.2, 0.25) is 5.91 Å². The first-order chi connectivity index (χ1) is 17.5. The van der Waals surface area contributed by atoms with Crippen molar-refractivity contribution in [2.45, 2.75) is 100 Å². The fraction of sp³-hybridized carbons (Fsp3) is 0.758. The maximum absolute atomic E-state index is 14.5. The fourth-order valence-electron chi connectivity index (χ4n) is 10.4. The molecule has 7 atom stereocenters. The molecule has 0 bridgehead atoms. The topological polar surface area (TPSA) is 87.0 Å². The number of nitrogens with zero attached hydrogens (tertiary/aromatic N) is 1. The van der Waals surface area contributed by atoms with Crippen LogP contribution in [0.5, 0.6) is 0 Å². The number of ketones is 2. The van der Waals surface area contributed by atoms with Crippen molar-refractivity contribution in [2.24, 2.45) is 50.2 Å². The van der Waals surface area contributed by atoms with E-state index in [9.17, 15) is 19.6 Å². The second kappa shape index (κ2) is 8.15. The fourth-order valence-corrected chi connectivity index (χ4v) is 10.4. The van der Waals surface area contributed by atoms with Crippen LogP contribution in [0.1, 0.15) is 100 Å². The molecule has 5 aliphatic rings. The Kier molecular flexibility index (Phi) is 5.87. The highest BCUT2D eigenvalue weighted by Crippen LogP contribution is 2.74. The number of nitrogens with one attached hydrogen (secondary N) is 1. The zero-order valence-corrected chi connectivity index (χ0v) is 24.7. The number of nitriles is 1. The minimum Gasteiger partial charge on any atom is -0.356 e. The summed E-state index contributed by atoms with van der Waals surface area (Å²) in [6, 6.07) is 2.18. The van der Waals surface area contributed by atoms with Gasteiger partial charge in [-0.1, -0.05) is 60.1 Å². The van der Waals surface area contributed by atoms with Gasteiger partial charge in [-0.2, -0.15) is 5.26 Å². The first-order valence-corrected chi connectivity index (χ1v) is 14.8. The lowest BCUT2D eigenvalue weighted by molar-refractivity contribution is -0.178. The van der Waals surface area contributed by atoms with Crippen molar-refractivity contribution in [2.75, 3.05) is 6.54 Å². The third-order valence-electron chi connectivity index (χ3n) is 12.6. The first kappa shape index (κ1) is 27.4. The molecule has 5 rings (SSSR count). The second-order valence-corrected chi connectivity index (χ2v) is 15.3. The van der Waals surface area contributed by atoms with Crippen LogP contribution < -0.4 is 5.32 Å². The monoisotopic (exact) mass is 518 g/mol. The Morgan fingerprint density at radius 1 is 1.03 bits per heavy atom. The predicted molar refractivity (Wildman–Crippen MR) is 148 cm³/mol. The Bertz CT molecular complexity index is 1220. The largest absolute Gasteiger partial charge is 0.356 e. The molecule has 0 heterocycles. The Hall–Kier alpha value is -2.22. The number of fused-ring (bicyclic) bond motifs is 7. The van der Waals surface area contributed by atoms with Crippen LogP contribution in [0.25, 0.3) is 0 Å². The van der Waals surface area contributed by atoms with Crippen LogP contribution in [-0.4, -0.2) is 24.0 Å². The van der Waals surface area contributed by atoms with E-state index in [0.29, 0.717) is 6.54 Å². The Morgan fingerprint density at radius 3 is 2.32 bits per heavy atom. The normalized spacial score (nSPS) is 44.8. The summed E-state index contributed by atoms with van der Waals surface area (Å²) in [7, 11) is 0. The standard InChI is InChI=1S/C33H46N2O3/c1-9-35-27(38)33-14-12-28(2,3)18-21(33)25-22(36)16-24-30(6)17-20(19-34)26(37)29(4,5)23(30)10-11-31(24,7)32(25,8)13-15-33/h16-17,21,23,25H,9-15,18H2,1-8H3,(H,35,38)/t21-,23-,25-,30-,31+,32+,33-/m0/s1. The molecule has 0 spiro atoms. The number of hydrogen-bond donors (Lipinski definition) is 1. The van der Waals surface area contributed by atoms with Crippen molar-refractivity contribution in [3.05, 3.63) is 23.3 Å². The van der Waals surface area contributed by atoms with Crippen LogP contribution in [-0.2, 0) is 14.4 Å². The van der Waals surface area contributed by atoms with Crippen molar-refractivity contribution in [1.29, 1.82) is 5.26 Å². The van der Waals surface area contributed by atoms with Crippen LogP contribution in [0.15, 0.2) is 23.3 Å². The van der Waals surface area contributed by atoms with Crippen molar-refractivity contribution in [3.63, 3.8) is 0 Å². The Balaban J connectivity index is 1.69. The molecule has 0 aliphatic heterocycles. The second-order valence-electron chi connectivity index (χ2n) is 15.3. The smallest absolute Gasteiger partial charge is 0.226 e. The predicted octanol–water partition coefficient (Wildman–Crippen LogP) is 6.34. The van der Waals surface area contributed by atoms with Crippen LogP contribution in [0.4, 0.5) is 0 Å². The molecular weight excluding hydrogens is 472 g/mol. The molecule has 0 saturated heterocycles. The summed E-state index contributed by atoms with van der Waals surface area (Å²) in [5.74, 6) is 0.0635. The summed E-state index contributed by atoms with van der Waals surface area (Å²) in [4.78, 5) is 41.4. The highest BCUT2D eigenvalue weighted by Gasteiger charge is 2.70. The van der Waals surface area contributed by atoms with Gasteiger partial charge in [-0.05, 0) is 86.0 Å². The highest BCUT2D eigenvalue weighted by molar-refractivity contribution is 6.04. The molecule has 5 heteroatoms. The molecule has 38 heavy (non-hydrogen) atoms. The minimum absolute atomic E-state index is 0.0128. The van der Waals surface area contributed by atoms with Gasteiger partial charge in [-0.3, -0.25) is 14.4 Å². The number of carbonyl (C=O) groups is 3. The SMILES string of the molecule is CCNC(=O)[C@]12CCC(C)(C)C[C@H]1[C@H]1C(=O)C=C3[C@@]4(C)C=C(C#N)C(=O)C(C)(C)[C@@H]4CC[C@@]3(C)[C@]1(C)CC2. The van der Waals surface area contributed by atoms with E-state index in [-0.39, 0.29) is 57.0 Å². The number of carbonyl (C=O) groups excluding carboxylic acids is 3. The number of rotatable bonds is 2. The molecule has 1 N–H and O–H groups in total. The van der Waals surface area contributed by atoms with E-state index in [1.54, 1.807) is 0 Å². The third kappa shape index (κ3) is 3.24. The minimum atomic E-state index is -0.662. The molecule has 0 radical (unpaired) electrons. The van der Waals surface area contributed by atoms with Crippen LogP contribution >= 0.6 is 0 Å². The van der Waals surface area contributed by atoms with Crippen molar-refractivity contribution in [3.8, 4) is 6.07 Å². The molecule has 5 nitrogen and oxygen atoms in total. The Morgan fingerprint density at radius 2 is 1.68 bits per heavy atom. The van der Waals surface area contributed by atoms with E-state index in [2.05, 4.69) is 46.0 Å². The maximum atomic E-state index is 14.5. The van der Waals surface area contributed by atoms with Crippen LogP contribution in [0.3, 0.4) is 0 Å². The summed E-state index contributed by atoms with van der Waals surface area (Å²) in [5.41, 5.74) is -0.788. The lowest BCUT2D eigenvalue weighted by Gasteiger charge is -2.69. The van der Waals surface area contributed by atoms with E-state index >= 15 is 0 Å². The van der Waals surface area contributed by atoms with Gasteiger partial charge in [0.15, 0.2) is 11.6 Å². The zero-order chi connectivity index (χ0) is 28.1. The van der Waals surface area contributed by atoms with Gasteiger partial charge in [0.05, 0.1) is 11.0 Å². The van der Waals surface area contributed by atoms with E-state index in [4.69, 9.17) is 0 Å². The summed E-state index contributed by atoms with van der Waals surface area (Å²) in [6.45, 7) is 17.9. The number of allylic oxidation sites excluding steroid dienone is 4. The van der Waals surface area contributed by atoms with E-state index in [0.717, 1.165) is 50.5 Å². The van der Waals surface area contributed by atoms with Gasteiger partial charge >= 0.3 is 0 Å². The average molecular weight is 519 g/mol. The van der Waals surface area contributed by atoms with Crippen molar-refractivity contribution in [1.82, 2.24) is 5.32 Å². The summed E-state index contributed by atoms with van der Waals surface area (Å²) < 4.78 is 0. The summed E-state index contributed by atoms with van der Waals surface area (Å²) in [6.07, 6.45) is 9.99. The average Bonchev–Trinajstić information content (AvgIpc) is 2.82. The molecule has 0 aromatic carbocycles. The van der Waals surface area contributed by atoms with Crippen LogP contribution in [0, 0.1) is 61.6 Å². The lowest BCUT2D eigenvalue weighted by Crippen LogP contribution is -2.66. The van der Waals surface area contributed by atoms with Crippen molar-refractivity contribution >= 4 is 17.5 Å². The molecular formula is C33H46N2O3. The molecule has 0 aromatic rings.